The van der Waals surface area contributed by atoms with E-state index in [0.717, 1.165) is 23.5 Å². The number of nitrogens with zero attached hydrogens (tertiary/aromatic N) is 3. The number of hydrogen-bond acceptors (Lipinski definition) is 4. The third-order valence-corrected chi connectivity index (χ3v) is 5.49. The second-order valence-electron chi connectivity index (χ2n) is 7.94. The number of carbonyl (C=O) groups is 1. The van der Waals surface area contributed by atoms with Gasteiger partial charge >= 0.3 is 0 Å². The molecule has 3 aromatic rings. The van der Waals surface area contributed by atoms with Crippen molar-refractivity contribution in [2.24, 2.45) is 0 Å². The number of hydrogen-bond donors (Lipinski definition) is 1. The Hall–Kier alpha value is -2.60. The molecule has 6 heteroatoms. The van der Waals surface area contributed by atoms with Gasteiger partial charge in [0.05, 0.1) is 5.75 Å². The lowest BCUT2D eigenvalue weighted by molar-refractivity contribution is -0.118. The van der Waals surface area contributed by atoms with Crippen molar-refractivity contribution in [2.45, 2.75) is 44.7 Å². The van der Waals surface area contributed by atoms with Crippen LogP contribution < -0.4 is 5.32 Å². The van der Waals surface area contributed by atoms with Crippen molar-refractivity contribution in [3.8, 4) is 17.1 Å². The van der Waals surface area contributed by atoms with Gasteiger partial charge in [-0.3, -0.25) is 9.36 Å². The zero-order valence-electron chi connectivity index (χ0n) is 17.5. The second-order valence-corrected chi connectivity index (χ2v) is 8.89. The zero-order chi connectivity index (χ0) is 20.9. The van der Waals surface area contributed by atoms with Crippen LogP contribution in [0.4, 0.5) is 0 Å². The molecule has 0 aliphatic heterocycles. The molecule has 0 radical (unpaired) electrons. The number of carbonyl (C=O) groups excluding carboxylic acids is 1. The topological polar surface area (TPSA) is 59.8 Å². The summed E-state index contributed by atoms with van der Waals surface area (Å²) in [6.45, 7) is 9.33. The molecular weight excluding hydrogens is 380 g/mol. The lowest BCUT2D eigenvalue weighted by Crippen LogP contribution is -2.25. The van der Waals surface area contributed by atoms with Gasteiger partial charge in [0.2, 0.25) is 5.91 Å². The van der Waals surface area contributed by atoms with Crippen LogP contribution >= 0.6 is 11.8 Å². The molecule has 0 fully saturated rings. The molecule has 0 atom stereocenters. The first kappa shape index (κ1) is 21.1. The van der Waals surface area contributed by atoms with Crippen molar-refractivity contribution in [1.82, 2.24) is 20.1 Å². The van der Waals surface area contributed by atoms with Crippen molar-refractivity contribution in [3.05, 3.63) is 60.2 Å². The van der Waals surface area contributed by atoms with E-state index in [4.69, 9.17) is 0 Å². The van der Waals surface area contributed by atoms with Gasteiger partial charge in [0, 0.05) is 17.8 Å². The molecule has 0 bridgehead atoms. The minimum absolute atomic E-state index is 0.00976. The Kier molecular flexibility index (Phi) is 6.75. The number of amides is 1. The van der Waals surface area contributed by atoms with E-state index >= 15 is 0 Å². The molecule has 0 saturated heterocycles. The fourth-order valence-electron chi connectivity index (χ4n) is 2.93. The largest absolute Gasteiger partial charge is 0.355 e. The van der Waals surface area contributed by atoms with Crippen molar-refractivity contribution >= 4 is 17.7 Å². The Morgan fingerprint density at radius 1 is 1.03 bits per heavy atom. The van der Waals surface area contributed by atoms with Gasteiger partial charge in [-0.25, -0.2) is 0 Å². The quantitative estimate of drug-likeness (QED) is 0.568. The van der Waals surface area contributed by atoms with Crippen molar-refractivity contribution in [3.63, 3.8) is 0 Å². The molecule has 2 aromatic carbocycles. The highest BCUT2D eigenvalue weighted by atomic mass is 32.2. The average molecular weight is 409 g/mol. The van der Waals surface area contributed by atoms with Crippen LogP contribution in [0.5, 0.6) is 0 Å². The highest BCUT2D eigenvalue weighted by Gasteiger charge is 2.18. The maximum Gasteiger partial charge on any atom is 0.230 e. The van der Waals surface area contributed by atoms with Gasteiger partial charge in [0.1, 0.15) is 0 Å². The molecule has 1 N–H and O–H groups in total. The molecule has 0 aliphatic carbocycles. The Morgan fingerprint density at radius 2 is 1.72 bits per heavy atom. The lowest BCUT2D eigenvalue weighted by atomic mass is 9.87. The van der Waals surface area contributed by atoms with Crippen LogP contribution in [0.15, 0.2) is 59.8 Å². The van der Waals surface area contributed by atoms with Crippen LogP contribution in [0.25, 0.3) is 17.1 Å². The first-order valence-corrected chi connectivity index (χ1v) is 10.9. The van der Waals surface area contributed by atoms with Gasteiger partial charge in [-0.05, 0) is 29.5 Å². The Bertz CT molecular complexity index is 943. The zero-order valence-corrected chi connectivity index (χ0v) is 18.3. The Balaban J connectivity index is 1.93. The first-order valence-electron chi connectivity index (χ1n) is 9.91. The predicted octanol–water partition coefficient (Wildman–Crippen LogP) is 4.85. The number of aromatic nitrogens is 3. The molecule has 29 heavy (non-hydrogen) atoms. The van der Waals surface area contributed by atoms with Gasteiger partial charge in [0.25, 0.3) is 0 Å². The Labute approximate surface area is 176 Å². The molecule has 5 nitrogen and oxygen atoms in total. The number of nitrogens with one attached hydrogen (secondary N) is 1. The highest BCUT2D eigenvalue weighted by molar-refractivity contribution is 7.99. The van der Waals surface area contributed by atoms with E-state index in [0.29, 0.717) is 17.5 Å². The van der Waals surface area contributed by atoms with Crippen LogP contribution in [0.2, 0.25) is 0 Å². The van der Waals surface area contributed by atoms with Gasteiger partial charge in [-0.2, -0.15) is 0 Å². The summed E-state index contributed by atoms with van der Waals surface area (Å²) < 4.78 is 2.02. The highest BCUT2D eigenvalue weighted by Crippen LogP contribution is 2.30. The van der Waals surface area contributed by atoms with E-state index in [-0.39, 0.29) is 11.3 Å². The summed E-state index contributed by atoms with van der Waals surface area (Å²) in [5.41, 5.74) is 3.34. The lowest BCUT2D eigenvalue weighted by Gasteiger charge is -2.19. The summed E-state index contributed by atoms with van der Waals surface area (Å²) in [5.74, 6) is 1.09. The molecule has 0 unspecified atom stereocenters. The van der Waals surface area contributed by atoms with Crippen molar-refractivity contribution in [2.75, 3.05) is 12.3 Å². The van der Waals surface area contributed by atoms with Gasteiger partial charge < -0.3 is 5.32 Å². The van der Waals surface area contributed by atoms with Gasteiger partial charge in [0.15, 0.2) is 11.0 Å². The van der Waals surface area contributed by atoms with E-state index in [1.165, 1.54) is 17.3 Å². The summed E-state index contributed by atoms with van der Waals surface area (Å²) in [7, 11) is 0. The fraction of sp³-hybridized carbons (Fsp3) is 0.348. The normalized spacial score (nSPS) is 11.4. The number of para-hydroxylation sites is 1. The standard InChI is InChI=1S/C23H28N4OS/c1-5-15-24-20(28)16-29-22-26-25-21(27(22)19-9-7-6-8-10-19)17-11-13-18(14-12-17)23(2,3)4/h6-14H,5,15-16H2,1-4H3,(H,24,28). The van der Waals surface area contributed by atoms with Crippen LogP contribution in [0.1, 0.15) is 39.7 Å². The van der Waals surface area contributed by atoms with Crippen molar-refractivity contribution in [1.29, 1.82) is 0 Å². The van der Waals surface area contributed by atoms with E-state index < -0.39 is 0 Å². The van der Waals surface area contributed by atoms with E-state index in [9.17, 15) is 4.79 Å². The third-order valence-electron chi connectivity index (χ3n) is 4.56. The molecule has 0 spiro atoms. The molecule has 3 rings (SSSR count). The van der Waals surface area contributed by atoms with Gasteiger partial charge in [-0.15, -0.1) is 10.2 Å². The summed E-state index contributed by atoms with van der Waals surface area (Å²) in [6.07, 6.45) is 0.922. The summed E-state index contributed by atoms with van der Waals surface area (Å²) in [6, 6.07) is 18.5. The minimum atomic E-state index is 0.00976. The third kappa shape index (κ3) is 5.26. The molecule has 1 heterocycles. The second kappa shape index (κ2) is 9.27. The molecule has 0 saturated carbocycles. The summed E-state index contributed by atoms with van der Waals surface area (Å²) in [5, 5.41) is 12.5. The maximum absolute atomic E-state index is 12.0. The first-order chi connectivity index (χ1) is 13.9. The molecule has 152 valence electrons. The van der Waals surface area contributed by atoms with E-state index in [2.05, 4.69) is 60.6 Å². The summed E-state index contributed by atoms with van der Waals surface area (Å²) in [4.78, 5) is 12.0. The fourth-order valence-corrected chi connectivity index (χ4v) is 3.71. The molecular formula is C23H28N4OS. The molecule has 1 amide bonds. The number of thioether (sulfide) groups is 1. The number of benzene rings is 2. The van der Waals surface area contributed by atoms with Crippen LogP contribution in [0.3, 0.4) is 0 Å². The molecule has 1 aromatic heterocycles. The van der Waals surface area contributed by atoms with E-state index in [1.807, 2.05) is 41.8 Å². The number of rotatable bonds is 7. The van der Waals surface area contributed by atoms with Crippen LogP contribution in [0, 0.1) is 0 Å². The SMILES string of the molecule is CCCNC(=O)CSc1nnc(-c2ccc(C(C)(C)C)cc2)n1-c1ccccc1. The molecule has 0 aliphatic rings. The minimum Gasteiger partial charge on any atom is -0.355 e. The maximum atomic E-state index is 12.0. The van der Waals surface area contributed by atoms with Crippen LogP contribution in [-0.4, -0.2) is 33.0 Å². The van der Waals surface area contributed by atoms with Gasteiger partial charge in [-0.1, -0.05) is 81.9 Å². The average Bonchev–Trinajstić information content (AvgIpc) is 3.14. The summed E-state index contributed by atoms with van der Waals surface area (Å²) >= 11 is 1.40. The van der Waals surface area contributed by atoms with Crippen LogP contribution in [-0.2, 0) is 10.2 Å². The smallest absolute Gasteiger partial charge is 0.230 e. The monoisotopic (exact) mass is 408 g/mol. The predicted molar refractivity (Wildman–Crippen MR) is 120 cm³/mol. The van der Waals surface area contributed by atoms with E-state index in [1.54, 1.807) is 0 Å². The Morgan fingerprint density at radius 3 is 2.34 bits per heavy atom. The van der Waals surface area contributed by atoms with Crippen molar-refractivity contribution < 1.29 is 4.79 Å².